The Morgan fingerprint density at radius 2 is 1.97 bits per heavy atom. The molecule has 1 amide bonds. The molecule has 1 aliphatic rings. The van der Waals surface area contributed by atoms with Crippen molar-refractivity contribution in [2.75, 3.05) is 38.7 Å². The normalized spacial score (nSPS) is 15.4. The van der Waals surface area contributed by atoms with Crippen LogP contribution in [-0.4, -0.2) is 52.0 Å². The van der Waals surface area contributed by atoms with E-state index in [2.05, 4.69) is 5.32 Å². The van der Waals surface area contributed by atoms with Crippen LogP contribution in [-0.2, 0) is 19.6 Å². The Bertz CT molecular complexity index is 1020. The van der Waals surface area contributed by atoms with Gasteiger partial charge in [0.1, 0.15) is 10.6 Å². The average molecular weight is 437 g/mol. The average Bonchev–Trinajstić information content (AvgIpc) is 2.74. The molecule has 0 aliphatic carbocycles. The van der Waals surface area contributed by atoms with E-state index in [0.717, 1.165) is 5.56 Å². The maximum absolute atomic E-state index is 12.9. The van der Waals surface area contributed by atoms with Crippen LogP contribution in [0.2, 0.25) is 5.02 Å². The highest BCUT2D eigenvalue weighted by molar-refractivity contribution is 7.89. The van der Waals surface area contributed by atoms with Gasteiger partial charge in [0.2, 0.25) is 15.9 Å². The second-order valence-electron chi connectivity index (χ2n) is 6.26. The van der Waals surface area contributed by atoms with Crippen molar-refractivity contribution in [3.8, 4) is 5.75 Å². The second-order valence-corrected chi connectivity index (χ2v) is 8.57. The molecule has 9 heteroatoms. The van der Waals surface area contributed by atoms with Gasteiger partial charge in [-0.3, -0.25) is 4.79 Å². The molecule has 0 atom stereocenters. The number of sulfonamides is 1. The van der Waals surface area contributed by atoms with Crippen molar-refractivity contribution in [3.05, 3.63) is 59.1 Å². The molecule has 0 saturated carbocycles. The molecule has 1 heterocycles. The van der Waals surface area contributed by atoms with Crippen LogP contribution in [0, 0.1) is 0 Å². The zero-order chi connectivity index (χ0) is 20.9. The number of carbonyl (C=O) groups excluding carboxylic acids is 1. The molecule has 2 aromatic carbocycles. The lowest BCUT2D eigenvalue weighted by Gasteiger charge is -2.26. The molecule has 0 unspecified atom stereocenters. The molecule has 29 heavy (non-hydrogen) atoms. The number of hydrogen-bond donors (Lipinski definition) is 1. The first-order valence-corrected chi connectivity index (χ1v) is 10.7. The highest BCUT2D eigenvalue weighted by Crippen LogP contribution is 2.28. The van der Waals surface area contributed by atoms with Gasteiger partial charge in [0, 0.05) is 24.9 Å². The zero-order valence-electron chi connectivity index (χ0n) is 15.8. The van der Waals surface area contributed by atoms with Gasteiger partial charge in [0.05, 0.1) is 25.3 Å². The first-order valence-electron chi connectivity index (χ1n) is 8.91. The van der Waals surface area contributed by atoms with E-state index in [-0.39, 0.29) is 23.0 Å². The van der Waals surface area contributed by atoms with Gasteiger partial charge in [-0.25, -0.2) is 8.42 Å². The first-order chi connectivity index (χ1) is 13.9. The van der Waals surface area contributed by atoms with Crippen molar-refractivity contribution < 1.29 is 22.7 Å². The van der Waals surface area contributed by atoms with Crippen molar-refractivity contribution >= 4 is 39.3 Å². The van der Waals surface area contributed by atoms with Crippen LogP contribution < -0.4 is 10.1 Å². The highest BCUT2D eigenvalue weighted by atomic mass is 35.5. The summed E-state index contributed by atoms with van der Waals surface area (Å²) < 4.78 is 37.4. The van der Waals surface area contributed by atoms with Gasteiger partial charge in [-0.1, -0.05) is 23.7 Å². The molecule has 1 N–H and O–H groups in total. The van der Waals surface area contributed by atoms with Crippen molar-refractivity contribution in [1.29, 1.82) is 0 Å². The van der Waals surface area contributed by atoms with Gasteiger partial charge in [-0.2, -0.15) is 4.31 Å². The molecule has 2 aromatic rings. The lowest BCUT2D eigenvalue weighted by molar-refractivity contribution is -0.111. The summed E-state index contributed by atoms with van der Waals surface area (Å²) in [7, 11) is -2.21. The third-order valence-electron chi connectivity index (χ3n) is 4.31. The number of nitrogens with zero attached hydrogens (tertiary/aromatic N) is 1. The quantitative estimate of drug-likeness (QED) is 0.703. The predicted molar refractivity (Wildman–Crippen MR) is 112 cm³/mol. The summed E-state index contributed by atoms with van der Waals surface area (Å²) in [4.78, 5) is 12.2. The summed E-state index contributed by atoms with van der Waals surface area (Å²) in [5.74, 6) is 0.285. The number of amides is 1. The smallest absolute Gasteiger partial charge is 0.248 e. The van der Waals surface area contributed by atoms with Gasteiger partial charge >= 0.3 is 0 Å². The number of benzene rings is 2. The number of ether oxygens (including phenoxy) is 2. The molecule has 0 radical (unpaired) electrons. The number of nitrogens with one attached hydrogen (secondary N) is 1. The summed E-state index contributed by atoms with van der Waals surface area (Å²) >= 11 is 6.13. The Hall–Kier alpha value is -2.39. The molecule has 7 nitrogen and oxygen atoms in total. The third kappa shape index (κ3) is 5.36. The fourth-order valence-corrected chi connectivity index (χ4v) is 4.71. The van der Waals surface area contributed by atoms with Crippen LogP contribution >= 0.6 is 11.6 Å². The molecule has 1 aliphatic heterocycles. The third-order valence-corrected chi connectivity index (χ3v) is 6.69. The Balaban J connectivity index is 1.75. The number of morpholine rings is 1. The molecule has 3 rings (SSSR count). The number of methoxy groups -OCH3 is 1. The predicted octanol–water partition coefficient (Wildman–Crippen LogP) is 3.02. The van der Waals surface area contributed by atoms with E-state index < -0.39 is 15.9 Å². The Labute approximate surface area is 174 Å². The largest absolute Gasteiger partial charge is 0.497 e. The number of rotatable bonds is 6. The van der Waals surface area contributed by atoms with E-state index in [1.54, 1.807) is 25.3 Å². The lowest BCUT2D eigenvalue weighted by atomic mass is 10.2. The minimum Gasteiger partial charge on any atom is -0.497 e. The van der Waals surface area contributed by atoms with E-state index in [0.29, 0.717) is 24.7 Å². The molecular formula is C20H21ClN2O5S. The monoisotopic (exact) mass is 436 g/mol. The molecular weight excluding hydrogens is 416 g/mol. The van der Waals surface area contributed by atoms with Crippen LogP contribution in [0.3, 0.4) is 0 Å². The van der Waals surface area contributed by atoms with Crippen LogP contribution in [0.15, 0.2) is 53.4 Å². The van der Waals surface area contributed by atoms with Gasteiger partial charge in [0.15, 0.2) is 0 Å². The highest BCUT2D eigenvalue weighted by Gasteiger charge is 2.28. The molecule has 0 bridgehead atoms. The van der Waals surface area contributed by atoms with Crippen LogP contribution in [0.5, 0.6) is 5.75 Å². The summed E-state index contributed by atoms with van der Waals surface area (Å²) in [6.07, 6.45) is 3.00. The van der Waals surface area contributed by atoms with Crippen LogP contribution in [0.4, 0.5) is 5.69 Å². The van der Waals surface area contributed by atoms with Gasteiger partial charge in [-0.05, 0) is 42.0 Å². The van der Waals surface area contributed by atoms with E-state index >= 15 is 0 Å². The fraction of sp³-hybridized carbons (Fsp3) is 0.250. The summed E-state index contributed by atoms with van der Waals surface area (Å²) in [6, 6.07) is 11.6. The molecule has 0 spiro atoms. The standard InChI is InChI=1S/C20H21ClN2O5S/c1-27-17-4-2-3-15(13-17)5-8-20(24)22-16-6-7-18(21)19(14-16)29(25,26)23-9-11-28-12-10-23/h2-8,13-14H,9-12H2,1H3,(H,22,24)/b8-5+. The molecule has 0 aromatic heterocycles. The number of hydrogen-bond acceptors (Lipinski definition) is 5. The van der Waals surface area contributed by atoms with E-state index in [4.69, 9.17) is 21.1 Å². The maximum atomic E-state index is 12.9. The van der Waals surface area contributed by atoms with E-state index in [1.165, 1.54) is 22.5 Å². The SMILES string of the molecule is COc1cccc(/C=C/C(=O)Nc2ccc(Cl)c(S(=O)(=O)N3CCOCC3)c2)c1. The zero-order valence-corrected chi connectivity index (χ0v) is 17.4. The van der Waals surface area contributed by atoms with Crippen LogP contribution in [0.1, 0.15) is 5.56 Å². The minimum atomic E-state index is -3.78. The van der Waals surface area contributed by atoms with Crippen LogP contribution in [0.25, 0.3) is 6.08 Å². The molecule has 1 fully saturated rings. The van der Waals surface area contributed by atoms with Crippen molar-refractivity contribution in [3.63, 3.8) is 0 Å². The number of halogens is 1. The number of anilines is 1. The minimum absolute atomic E-state index is 0.0457. The van der Waals surface area contributed by atoms with E-state index in [9.17, 15) is 13.2 Å². The summed E-state index contributed by atoms with van der Waals surface area (Å²) in [5, 5.41) is 2.76. The Morgan fingerprint density at radius 3 is 2.69 bits per heavy atom. The van der Waals surface area contributed by atoms with Gasteiger partial charge in [0.25, 0.3) is 0 Å². The first kappa shape index (κ1) is 21.3. The maximum Gasteiger partial charge on any atom is 0.248 e. The second kappa shape index (κ2) is 9.41. The fourth-order valence-electron chi connectivity index (χ4n) is 2.81. The summed E-state index contributed by atoms with van der Waals surface area (Å²) in [5.41, 5.74) is 1.13. The molecule has 1 saturated heterocycles. The topological polar surface area (TPSA) is 84.9 Å². The van der Waals surface area contributed by atoms with Crippen molar-refractivity contribution in [2.24, 2.45) is 0 Å². The van der Waals surface area contributed by atoms with Crippen molar-refractivity contribution in [2.45, 2.75) is 4.90 Å². The number of carbonyl (C=O) groups is 1. The van der Waals surface area contributed by atoms with E-state index in [1.807, 2.05) is 18.2 Å². The summed E-state index contributed by atoms with van der Waals surface area (Å²) in [6.45, 7) is 1.20. The molecule has 154 valence electrons. The Kier molecular flexibility index (Phi) is 6.92. The van der Waals surface area contributed by atoms with Crippen molar-refractivity contribution in [1.82, 2.24) is 4.31 Å². The van der Waals surface area contributed by atoms with Gasteiger partial charge in [-0.15, -0.1) is 0 Å². The lowest BCUT2D eigenvalue weighted by Crippen LogP contribution is -2.40. The Morgan fingerprint density at radius 1 is 1.21 bits per heavy atom. The van der Waals surface area contributed by atoms with Gasteiger partial charge < -0.3 is 14.8 Å².